The fraction of sp³-hybridized carbons (Fsp3) is 0.231. The van der Waals surface area contributed by atoms with Crippen molar-refractivity contribution in [1.82, 2.24) is 0 Å². The van der Waals surface area contributed by atoms with Crippen LogP contribution in [0.2, 0.25) is 10.0 Å². The zero-order valence-electron chi connectivity index (χ0n) is 9.63. The van der Waals surface area contributed by atoms with Gasteiger partial charge in [-0.15, -0.1) is 11.3 Å². The lowest BCUT2D eigenvalue weighted by molar-refractivity contribution is 0.869. The number of thiophene rings is 1. The predicted octanol–water partition coefficient (Wildman–Crippen LogP) is 4.72. The van der Waals surface area contributed by atoms with E-state index >= 15 is 0 Å². The maximum Gasteiger partial charge on any atom is 0.0643 e. The van der Waals surface area contributed by atoms with Crippen molar-refractivity contribution in [3.8, 4) is 0 Å². The molecule has 0 saturated carbocycles. The first kappa shape index (κ1) is 12.9. The summed E-state index contributed by atoms with van der Waals surface area (Å²) in [5.41, 5.74) is 8.26. The largest absolute Gasteiger partial charge is 0.320 e. The Morgan fingerprint density at radius 3 is 2.47 bits per heavy atom. The molecule has 0 bridgehead atoms. The van der Waals surface area contributed by atoms with Crippen LogP contribution in [0.4, 0.5) is 0 Å². The van der Waals surface area contributed by atoms with E-state index in [2.05, 4.69) is 19.9 Å². The average Bonchev–Trinajstić information content (AvgIpc) is 2.61. The van der Waals surface area contributed by atoms with Crippen molar-refractivity contribution in [2.24, 2.45) is 5.73 Å². The van der Waals surface area contributed by atoms with E-state index in [-0.39, 0.29) is 6.04 Å². The van der Waals surface area contributed by atoms with Gasteiger partial charge in [-0.2, -0.15) is 0 Å². The van der Waals surface area contributed by atoms with Gasteiger partial charge in [0.25, 0.3) is 0 Å². The Balaban J connectivity index is 2.47. The molecule has 1 aromatic heterocycles. The molecule has 2 rings (SSSR count). The van der Waals surface area contributed by atoms with Crippen LogP contribution in [0.5, 0.6) is 0 Å². The summed E-state index contributed by atoms with van der Waals surface area (Å²) < 4.78 is 0. The van der Waals surface area contributed by atoms with E-state index in [1.807, 2.05) is 12.1 Å². The van der Waals surface area contributed by atoms with Gasteiger partial charge in [0.05, 0.1) is 16.1 Å². The van der Waals surface area contributed by atoms with E-state index in [0.717, 1.165) is 11.1 Å². The van der Waals surface area contributed by atoms with Gasteiger partial charge in [0.1, 0.15) is 0 Å². The van der Waals surface area contributed by atoms with Crippen molar-refractivity contribution in [2.45, 2.75) is 19.9 Å². The molecule has 1 nitrogen and oxygen atoms in total. The third-order valence-electron chi connectivity index (χ3n) is 2.73. The van der Waals surface area contributed by atoms with E-state index in [1.165, 1.54) is 9.75 Å². The van der Waals surface area contributed by atoms with Crippen LogP contribution in [0.1, 0.15) is 26.9 Å². The van der Waals surface area contributed by atoms with Gasteiger partial charge in [-0.1, -0.05) is 35.3 Å². The molecule has 2 N–H and O–H groups in total. The summed E-state index contributed by atoms with van der Waals surface area (Å²) in [6.07, 6.45) is 0. The minimum absolute atomic E-state index is 0.217. The van der Waals surface area contributed by atoms with Crippen molar-refractivity contribution in [3.63, 3.8) is 0 Å². The average molecular weight is 286 g/mol. The second-order valence-corrected chi connectivity index (χ2v) is 6.23. The molecule has 0 aliphatic carbocycles. The first-order chi connectivity index (χ1) is 8.00. The fourth-order valence-corrected chi connectivity index (χ4v) is 3.29. The molecule has 0 aliphatic rings. The summed E-state index contributed by atoms with van der Waals surface area (Å²) in [5, 5.41) is 1.09. The van der Waals surface area contributed by atoms with Crippen LogP contribution in [-0.2, 0) is 0 Å². The molecule has 0 fully saturated rings. The minimum Gasteiger partial charge on any atom is -0.320 e. The van der Waals surface area contributed by atoms with E-state index < -0.39 is 0 Å². The molecule has 90 valence electrons. The first-order valence-corrected chi connectivity index (χ1v) is 6.84. The molecule has 0 radical (unpaired) electrons. The van der Waals surface area contributed by atoms with E-state index in [1.54, 1.807) is 17.4 Å². The predicted molar refractivity (Wildman–Crippen MR) is 76.3 cm³/mol. The summed E-state index contributed by atoms with van der Waals surface area (Å²) >= 11 is 13.9. The lowest BCUT2D eigenvalue weighted by Gasteiger charge is -2.14. The second-order valence-electron chi connectivity index (χ2n) is 3.99. The van der Waals surface area contributed by atoms with Crippen molar-refractivity contribution in [2.75, 3.05) is 0 Å². The molecule has 1 heterocycles. The zero-order chi connectivity index (χ0) is 12.6. The van der Waals surface area contributed by atoms with Crippen LogP contribution in [0, 0.1) is 13.8 Å². The molecule has 1 atom stereocenters. The van der Waals surface area contributed by atoms with Crippen LogP contribution >= 0.6 is 34.5 Å². The third kappa shape index (κ3) is 2.50. The van der Waals surface area contributed by atoms with Gasteiger partial charge in [-0.25, -0.2) is 0 Å². The standard InChI is InChI=1S/C13H13Cl2NS/c1-7-6-10(8(2)17-7)13(16)9-4-3-5-11(14)12(9)15/h3-6,13H,16H2,1-2H3. The summed E-state index contributed by atoms with van der Waals surface area (Å²) in [6.45, 7) is 4.15. The highest BCUT2D eigenvalue weighted by molar-refractivity contribution is 7.12. The minimum atomic E-state index is -0.217. The van der Waals surface area contributed by atoms with Gasteiger partial charge in [-0.05, 0) is 37.1 Å². The smallest absolute Gasteiger partial charge is 0.0643 e. The maximum absolute atomic E-state index is 6.26. The molecule has 17 heavy (non-hydrogen) atoms. The van der Waals surface area contributed by atoms with Gasteiger partial charge < -0.3 is 5.73 Å². The lowest BCUT2D eigenvalue weighted by atomic mass is 10.00. The third-order valence-corrected chi connectivity index (χ3v) is 4.55. The topological polar surface area (TPSA) is 26.0 Å². The quantitative estimate of drug-likeness (QED) is 0.849. The Labute approximate surface area is 115 Å². The summed E-state index contributed by atoms with van der Waals surface area (Å²) in [7, 11) is 0. The van der Waals surface area contributed by atoms with E-state index in [4.69, 9.17) is 28.9 Å². The SMILES string of the molecule is Cc1cc(C(N)c2cccc(Cl)c2Cl)c(C)s1. The molecule has 4 heteroatoms. The van der Waals surface area contributed by atoms with Crippen LogP contribution in [0.25, 0.3) is 0 Å². The first-order valence-electron chi connectivity index (χ1n) is 5.27. The Morgan fingerprint density at radius 2 is 1.88 bits per heavy atom. The number of aryl methyl sites for hydroxylation is 2. The number of hydrogen-bond acceptors (Lipinski definition) is 2. The molecule has 0 saturated heterocycles. The molecule has 2 aromatic rings. The maximum atomic E-state index is 6.26. The highest BCUT2D eigenvalue weighted by Gasteiger charge is 2.17. The normalized spacial score (nSPS) is 12.8. The van der Waals surface area contributed by atoms with Gasteiger partial charge >= 0.3 is 0 Å². The lowest BCUT2D eigenvalue weighted by Crippen LogP contribution is -2.12. The summed E-state index contributed by atoms with van der Waals surface area (Å²) in [6, 6.07) is 7.46. The molecule has 0 aliphatic heterocycles. The number of benzene rings is 1. The molecule has 0 spiro atoms. The fourth-order valence-electron chi connectivity index (χ4n) is 1.89. The molecule has 0 amide bonds. The van der Waals surface area contributed by atoms with Crippen LogP contribution in [0.3, 0.4) is 0 Å². The van der Waals surface area contributed by atoms with Gasteiger partial charge in [-0.3, -0.25) is 0 Å². The monoisotopic (exact) mass is 285 g/mol. The number of halogens is 2. The highest BCUT2D eigenvalue weighted by Crippen LogP contribution is 2.35. The number of nitrogens with two attached hydrogens (primary N) is 1. The van der Waals surface area contributed by atoms with Crippen molar-refractivity contribution >= 4 is 34.5 Å². The Bertz CT molecular complexity index is 548. The zero-order valence-corrected chi connectivity index (χ0v) is 12.0. The van der Waals surface area contributed by atoms with E-state index in [9.17, 15) is 0 Å². The van der Waals surface area contributed by atoms with Crippen LogP contribution in [0.15, 0.2) is 24.3 Å². The van der Waals surface area contributed by atoms with Crippen molar-refractivity contribution in [3.05, 3.63) is 55.2 Å². The Kier molecular flexibility index (Phi) is 3.79. The van der Waals surface area contributed by atoms with Gasteiger partial charge in [0.2, 0.25) is 0 Å². The number of hydrogen-bond donors (Lipinski definition) is 1. The van der Waals surface area contributed by atoms with Crippen molar-refractivity contribution in [1.29, 1.82) is 0 Å². The molecule has 1 aromatic carbocycles. The summed E-state index contributed by atoms with van der Waals surface area (Å²) in [4.78, 5) is 2.48. The Hall–Kier alpha value is -0.540. The van der Waals surface area contributed by atoms with E-state index in [0.29, 0.717) is 10.0 Å². The summed E-state index contributed by atoms with van der Waals surface area (Å²) in [5.74, 6) is 0. The highest BCUT2D eigenvalue weighted by atomic mass is 35.5. The van der Waals surface area contributed by atoms with Gasteiger partial charge in [0, 0.05) is 9.75 Å². The second kappa shape index (κ2) is 4.99. The molecule has 1 unspecified atom stereocenters. The molecular weight excluding hydrogens is 273 g/mol. The molecular formula is C13H13Cl2NS. The van der Waals surface area contributed by atoms with Crippen LogP contribution < -0.4 is 5.73 Å². The van der Waals surface area contributed by atoms with Crippen LogP contribution in [-0.4, -0.2) is 0 Å². The Morgan fingerprint density at radius 1 is 1.18 bits per heavy atom. The van der Waals surface area contributed by atoms with Gasteiger partial charge in [0.15, 0.2) is 0 Å². The number of rotatable bonds is 2. The van der Waals surface area contributed by atoms with Crippen molar-refractivity contribution < 1.29 is 0 Å².